The summed E-state index contributed by atoms with van der Waals surface area (Å²) in [5, 5.41) is 4.17. The number of methoxy groups -OCH3 is 2. The van der Waals surface area contributed by atoms with Crippen LogP contribution in [0.15, 0.2) is 30.6 Å². The number of anilines is 1. The van der Waals surface area contributed by atoms with E-state index in [1.54, 1.807) is 60.8 Å². The van der Waals surface area contributed by atoms with Crippen molar-refractivity contribution in [2.75, 3.05) is 31.6 Å². The minimum Gasteiger partial charge on any atom is -0.497 e. The van der Waals surface area contributed by atoms with Crippen molar-refractivity contribution >= 4 is 15.9 Å². The number of nitrogens with zero attached hydrogens (tertiary/aromatic N) is 4. The van der Waals surface area contributed by atoms with Gasteiger partial charge in [0.05, 0.1) is 32.6 Å². The fourth-order valence-corrected chi connectivity index (χ4v) is 5.24. The van der Waals surface area contributed by atoms with E-state index in [1.807, 2.05) is 0 Å². The van der Waals surface area contributed by atoms with Crippen LogP contribution in [0, 0.1) is 5.92 Å². The molecule has 1 aliphatic rings. The van der Waals surface area contributed by atoms with E-state index in [1.165, 1.54) is 4.31 Å². The summed E-state index contributed by atoms with van der Waals surface area (Å²) in [6, 6.07) is 5.37. The van der Waals surface area contributed by atoms with Crippen molar-refractivity contribution in [3.05, 3.63) is 36.2 Å². The molecule has 0 amide bonds. The molecule has 1 aliphatic heterocycles. The Kier molecular flexibility index (Phi) is 6.14. The zero-order valence-electron chi connectivity index (χ0n) is 16.8. The van der Waals surface area contributed by atoms with Crippen LogP contribution in [0.1, 0.15) is 25.3 Å². The molecule has 3 rings (SSSR count). The highest BCUT2D eigenvalue weighted by Crippen LogP contribution is 2.31. The number of aryl methyl sites for hydroxylation is 1. The minimum absolute atomic E-state index is 0.124. The lowest BCUT2D eigenvalue weighted by Crippen LogP contribution is -2.47. The molecule has 154 valence electrons. The Morgan fingerprint density at radius 3 is 2.68 bits per heavy atom. The van der Waals surface area contributed by atoms with Crippen molar-refractivity contribution in [3.8, 4) is 11.5 Å². The largest absolute Gasteiger partial charge is 0.497 e. The fourth-order valence-electron chi connectivity index (χ4n) is 3.50. The SMILES string of the molecule is COc1ccc(OC)c(CN(c2cnn(C)c2)S(=O)(=O)N2CCCC(C)C2)c1. The second-order valence-corrected chi connectivity index (χ2v) is 9.02. The first kappa shape index (κ1) is 20.5. The van der Waals surface area contributed by atoms with E-state index in [0.29, 0.717) is 36.2 Å². The Morgan fingerprint density at radius 2 is 2.07 bits per heavy atom. The maximum Gasteiger partial charge on any atom is 0.304 e. The summed E-state index contributed by atoms with van der Waals surface area (Å²) in [7, 11) is 1.19. The van der Waals surface area contributed by atoms with Crippen molar-refractivity contribution in [2.45, 2.75) is 26.3 Å². The van der Waals surface area contributed by atoms with Gasteiger partial charge < -0.3 is 9.47 Å². The zero-order valence-corrected chi connectivity index (χ0v) is 17.6. The number of benzene rings is 1. The second-order valence-electron chi connectivity index (χ2n) is 7.17. The van der Waals surface area contributed by atoms with E-state index in [9.17, 15) is 8.42 Å². The number of hydrogen-bond acceptors (Lipinski definition) is 5. The summed E-state index contributed by atoms with van der Waals surface area (Å²) in [5.41, 5.74) is 1.24. The van der Waals surface area contributed by atoms with Gasteiger partial charge in [-0.3, -0.25) is 4.68 Å². The van der Waals surface area contributed by atoms with Gasteiger partial charge in [-0.1, -0.05) is 6.92 Å². The van der Waals surface area contributed by atoms with Crippen LogP contribution in [0.3, 0.4) is 0 Å². The molecule has 1 atom stereocenters. The summed E-state index contributed by atoms with van der Waals surface area (Å²) >= 11 is 0. The molecule has 0 saturated carbocycles. The third-order valence-corrected chi connectivity index (χ3v) is 6.89. The minimum atomic E-state index is -3.72. The third kappa shape index (κ3) is 4.25. The molecule has 0 radical (unpaired) electrons. The Hall–Kier alpha value is -2.26. The molecule has 0 bridgehead atoms. The Balaban J connectivity index is 2.01. The molecule has 8 nitrogen and oxygen atoms in total. The van der Waals surface area contributed by atoms with Crippen LogP contribution in [0.25, 0.3) is 0 Å². The monoisotopic (exact) mass is 408 g/mol. The number of hydrogen-bond donors (Lipinski definition) is 0. The third-order valence-electron chi connectivity index (χ3n) is 5.01. The lowest BCUT2D eigenvalue weighted by atomic mass is 10.0. The van der Waals surface area contributed by atoms with E-state index in [2.05, 4.69) is 12.0 Å². The summed E-state index contributed by atoms with van der Waals surface area (Å²) in [6.07, 6.45) is 5.18. The number of aromatic nitrogens is 2. The molecule has 2 heterocycles. The smallest absolute Gasteiger partial charge is 0.304 e. The van der Waals surface area contributed by atoms with Crippen LogP contribution in [-0.2, 0) is 23.8 Å². The molecule has 0 aliphatic carbocycles. The summed E-state index contributed by atoms with van der Waals surface area (Å²) in [5.74, 6) is 1.59. The van der Waals surface area contributed by atoms with Crippen LogP contribution in [0.5, 0.6) is 11.5 Å². The predicted octanol–water partition coefficient (Wildman–Crippen LogP) is 2.42. The van der Waals surface area contributed by atoms with E-state index in [4.69, 9.17) is 9.47 Å². The van der Waals surface area contributed by atoms with Gasteiger partial charge in [-0.05, 0) is 37.0 Å². The fraction of sp³-hybridized carbons (Fsp3) is 0.526. The van der Waals surface area contributed by atoms with Gasteiger partial charge in [-0.15, -0.1) is 0 Å². The van der Waals surface area contributed by atoms with Crippen molar-refractivity contribution < 1.29 is 17.9 Å². The van der Waals surface area contributed by atoms with Crippen molar-refractivity contribution in [3.63, 3.8) is 0 Å². The molecule has 1 saturated heterocycles. The average Bonchev–Trinajstić information content (AvgIpc) is 3.11. The van der Waals surface area contributed by atoms with Gasteiger partial charge in [0.25, 0.3) is 0 Å². The zero-order chi connectivity index (χ0) is 20.3. The first-order valence-corrected chi connectivity index (χ1v) is 10.7. The second kappa shape index (κ2) is 8.40. The van der Waals surface area contributed by atoms with Crippen molar-refractivity contribution in [1.82, 2.24) is 14.1 Å². The molecule has 1 unspecified atom stereocenters. The molecule has 28 heavy (non-hydrogen) atoms. The molecule has 1 aromatic carbocycles. The van der Waals surface area contributed by atoms with Gasteiger partial charge in [0.2, 0.25) is 0 Å². The topological polar surface area (TPSA) is 76.9 Å². The number of rotatable bonds is 7. The van der Waals surface area contributed by atoms with Gasteiger partial charge in [-0.25, -0.2) is 4.31 Å². The first-order valence-electron chi connectivity index (χ1n) is 9.32. The van der Waals surface area contributed by atoms with Crippen LogP contribution < -0.4 is 13.8 Å². The van der Waals surface area contributed by atoms with Crippen LogP contribution >= 0.6 is 0 Å². The Labute approximate surface area is 166 Å². The standard InChI is InChI=1S/C19H28N4O4S/c1-15-6-5-9-22(12-15)28(24,25)23(17-11-20-21(2)14-17)13-16-10-18(26-3)7-8-19(16)27-4/h7-8,10-11,14-15H,5-6,9,12-13H2,1-4H3. The van der Waals surface area contributed by atoms with Gasteiger partial charge in [0.1, 0.15) is 11.5 Å². The van der Waals surface area contributed by atoms with E-state index in [-0.39, 0.29) is 6.54 Å². The quantitative estimate of drug-likeness (QED) is 0.703. The van der Waals surface area contributed by atoms with Gasteiger partial charge in [0.15, 0.2) is 0 Å². The molecular formula is C19H28N4O4S. The molecule has 9 heteroatoms. The van der Waals surface area contributed by atoms with Gasteiger partial charge in [0, 0.05) is 31.9 Å². The van der Waals surface area contributed by atoms with Crippen LogP contribution in [0.2, 0.25) is 0 Å². The molecule has 1 aromatic heterocycles. The van der Waals surface area contributed by atoms with E-state index < -0.39 is 10.2 Å². The highest BCUT2D eigenvalue weighted by Gasteiger charge is 2.34. The maximum atomic E-state index is 13.5. The van der Waals surface area contributed by atoms with Crippen molar-refractivity contribution in [2.24, 2.45) is 13.0 Å². The average molecular weight is 409 g/mol. The molecular weight excluding hydrogens is 380 g/mol. The summed E-state index contributed by atoms with van der Waals surface area (Å²) in [4.78, 5) is 0. The molecule has 0 N–H and O–H groups in total. The van der Waals surface area contributed by atoms with Gasteiger partial charge in [-0.2, -0.15) is 17.8 Å². The predicted molar refractivity (Wildman–Crippen MR) is 108 cm³/mol. The van der Waals surface area contributed by atoms with E-state index >= 15 is 0 Å². The Bertz CT molecular complexity index is 912. The van der Waals surface area contributed by atoms with E-state index in [0.717, 1.165) is 18.4 Å². The maximum absolute atomic E-state index is 13.5. The van der Waals surface area contributed by atoms with Crippen molar-refractivity contribution in [1.29, 1.82) is 0 Å². The summed E-state index contributed by atoms with van der Waals surface area (Å²) < 4.78 is 42.4. The number of piperidine rings is 1. The van der Waals surface area contributed by atoms with Crippen LogP contribution in [0.4, 0.5) is 5.69 Å². The molecule has 1 fully saturated rings. The Morgan fingerprint density at radius 1 is 1.29 bits per heavy atom. The van der Waals surface area contributed by atoms with Crippen LogP contribution in [-0.4, -0.2) is 49.8 Å². The lowest BCUT2D eigenvalue weighted by molar-refractivity contribution is 0.280. The number of ether oxygens (including phenoxy) is 2. The highest BCUT2D eigenvalue weighted by molar-refractivity contribution is 7.90. The first-order chi connectivity index (χ1) is 13.3. The molecule has 2 aromatic rings. The summed E-state index contributed by atoms with van der Waals surface area (Å²) in [6.45, 7) is 3.26. The lowest BCUT2D eigenvalue weighted by Gasteiger charge is -2.35. The normalized spacial score (nSPS) is 18.1. The highest BCUT2D eigenvalue weighted by atomic mass is 32.2. The van der Waals surface area contributed by atoms with Gasteiger partial charge >= 0.3 is 10.2 Å². The molecule has 0 spiro atoms.